The zero-order valence-corrected chi connectivity index (χ0v) is 9.42. The van der Waals surface area contributed by atoms with Crippen LogP contribution < -0.4 is 0 Å². The van der Waals surface area contributed by atoms with Crippen molar-refractivity contribution in [2.45, 2.75) is 20.4 Å². The number of carbonyl (C=O) groups excluding carboxylic acids is 1. The molecule has 5 heteroatoms. The molecule has 0 fully saturated rings. The molecule has 2 rings (SSSR count). The molecule has 0 atom stereocenters. The van der Waals surface area contributed by atoms with Gasteiger partial charge in [-0.2, -0.15) is 5.10 Å². The van der Waals surface area contributed by atoms with Gasteiger partial charge in [-0.1, -0.05) is 0 Å². The minimum absolute atomic E-state index is 0.736. The molecule has 0 spiro atoms. The van der Waals surface area contributed by atoms with Crippen LogP contribution in [0.2, 0.25) is 0 Å². The van der Waals surface area contributed by atoms with Gasteiger partial charge in [-0.3, -0.25) is 9.67 Å². The molecule has 0 N–H and O–H groups in total. The highest BCUT2D eigenvalue weighted by Gasteiger charge is 2.02. The van der Waals surface area contributed by atoms with E-state index in [0.29, 0.717) is 0 Å². The molecule has 0 bridgehead atoms. The summed E-state index contributed by atoms with van der Waals surface area (Å²) in [5, 5.41) is 4.29. The van der Waals surface area contributed by atoms with Gasteiger partial charge in [-0.05, 0) is 26.0 Å². The lowest BCUT2D eigenvalue weighted by molar-refractivity contribution is -0.0979. The highest BCUT2D eigenvalue weighted by atomic mass is 16.1. The molecule has 0 aliphatic carbocycles. The first-order chi connectivity index (χ1) is 7.79. The third-order valence-corrected chi connectivity index (χ3v) is 2.03. The molecule has 0 aliphatic heterocycles. The summed E-state index contributed by atoms with van der Waals surface area (Å²) in [5.74, 6) is 0.736. The molecule has 0 saturated carbocycles. The normalized spacial score (nSPS) is 9.38. The number of carbonyl (C=O) groups is 1. The van der Waals surface area contributed by atoms with Gasteiger partial charge in [-0.25, -0.2) is 4.98 Å². The molecule has 5 nitrogen and oxygen atoms in total. The van der Waals surface area contributed by atoms with E-state index in [1.807, 2.05) is 32.8 Å². The highest BCUT2D eigenvalue weighted by Crippen LogP contribution is 2.12. The number of hydrogen-bond acceptors (Lipinski definition) is 4. The molecule has 0 aromatic carbocycles. The van der Waals surface area contributed by atoms with Gasteiger partial charge >= 0.3 is 0 Å². The molecule has 16 heavy (non-hydrogen) atoms. The van der Waals surface area contributed by atoms with Gasteiger partial charge in [0.2, 0.25) is 0 Å². The molecule has 0 saturated heterocycles. The summed E-state index contributed by atoms with van der Waals surface area (Å²) in [6.07, 6.45) is 3.53. The quantitative estimate of drug-likeness (QED) is 0.766. The number of hydrogen-bond donors (Lipinski definition) is 0. The summed E-state index contributed by atoms with van der Waals surface area (Å²) >= 11 is 0. The maximum Gasteiger partial charge on any atom is 0.182 e. The average molecular weight is 218 g/mol. The molecule has 2 heterocycles. The summed E-state index contributed by atoms with van der Waals surface area (Å²) in [4.78, 5) is 16.4. The molecule has 0 aliphatic rings. The fourth-order valence-electron chi connectivity index (χ4n) is 1.18. The predicted molar refractivity (Wildman–Crippen MR) is 60.8 cm³/mol. The van der Waals surface area contributed by atoms with Crippen LogP contribution in [0, 0.1) is 6.92 Å². The van der Waals surface area contributed by atoms with Crippen LogP contribution in [0.25, 0.3) is 11.4 Å². The van der Waals surface area contributed by atoms with Gasteiger partial charge in [0.15, 0.2) is 5.82 Å². The van der Waals surface area contributed by atoms with Gasteiger partial charge in [-0.15, -0.1) is 0 Å². The fourth-order valence-corrected chi connectivity index (χ4v) is 1.18. The van der Waals surface area contributed by atoms with Crippen molar-refractivity contribution in [3.05, 3.63) is 30.4 Å². The Kier molecular flexibility index (Phi) is 4.32. The Morgan fingerprint density at radius 2 is 2.06 bits per heavy atom. The fraction of sp³-hybridized carbons (Fsp3) is 0.273. The Labute approximate surface area is 94.2 Å². The number of aryl methyl sites for hydroxylation is 2. The van der Waals surface area contributed by atoms with Crippen molar-refractivity contribution < 1.29 is 4.79 Å². The lowest BCUT2D eigenvalue weighted by Gasteiger charge is -1.95. The van der Waals surface area contributed by atoms with Crippen molar-refractivity contribution >= 4 is 6.79 Å². The standard InChI is InChI=1S/C10H12N4.CH2O/c1-3-14-7-12-10(13-14)9-5-4-8(2)11-6-9;1-2/h4-7H,3H2,1-2H3;1H2. The number of nitrogens with zero attached hydrogens (tertiary/aromatic N) is 4. The van der Waals surface area contributed by atoms with Gasteiger partial charge in [0.25, 0.3) is 0 Å². The van der Waals surface area contributed by atoms with Crippen LogP contribution >= 0.6 is 0 Å². The van der Waals surface area contributed by atoms with Crippen LogP contribution in [0.15, 0.2) is 24.7 Å². The van der Waals surface area contributed by atoms with Gasteiger partial charge in [0.1, 0.15) is 13.1 Å². The maximum absolute atomic E-state index is 8.00. The summed E-state index contributed by atoms with van der Waals surface area (Å²) in [5.41, 5.74) is 1.96. The third kappa shape index (κ3) is 2.73. The second kappa shape index (κ2) is 5.75. The van der Waals surface area contributed by atoms with E-state index in [9.17, 15) is 0 Å². The van der Waals surface area contributed by atoms with Crippen molar-refractivity contribution in [2.75, 3.05) is 0 Å². The van der Waals surface area contributed by atoms with Gasteiger partial charge in [0.05, 0.1) is 0 Å². The monoisotopic (exact) mass is 218 g/mol. The van der Waals surface area contributed by atoms with Crippen LogP contribution in [0.5, 0.6) is 0 Å². The van der Waals surface area contributed by atoms with Crippen molar-refractivity contribution in [1.82, 2.24) is 19.7 Å². The minimum Gasteiger partial charge on any atom is -0.307 e. The van der Waals surface area contributed by atoms with E-state index >= 15 is 0 Å². The van der Waals surface area contributed by atoms with Crippen molar-refractivity contribution in [3.8, 4) is 11.4 Å². The van der Waals surface area contributed by atoms with E-state index in [2.05, 4.69) is 15.1 Å². The minimum atomic E-state index is 0.736. The highest BCUT2D eigenvalue weighted by molar-refractivity contribution is 5.52. The Morgan fingerprint density at radius 1 is 1.31 bits per heavy atom. The second-order valence-corrected chi connectivity index (χ2v) is 3.11. The molecular weight excluding hydrogens is 204 g/mol. The summed E-state index contributed by atoms with van der Waals surface area (Å²) < 4.78 is 1.80. The predicted octanol–water partition coefficient (Wildman–Crippen LogP) is 1.48. The first-order valence-corrected chi connectivity index (χ1v) is 4.91. The maximum atomic E-state index is 8.00. The zero-order valence-electron chi connectivity index (χ0n) is 9.42. The van der Waals surface area contributed by atoms with E-state index in [1.54, 1.807) is 17.2 Å². The van der Waals surface area contributed by atoms with Crippen LogP contribution in [0.1, 0.15) is 12.6 Å². The summed E-state index contributed by atoms with van der Waals surface area (Å²) in [6, 6.07) is 3.94. The molecule has 0 amide bonds. The third-order valence-electron chi connectivity index (χ3n) is 2.03. The largest absolute Gasteiger partial charge is 0.307 e. The van der Waals surface area contributed by atoms with Crippen LogP contribution in [-0.4, -0.2) is 26.5 Å². The SMILES string of the molecule is C=O.CCn1cnc(-c2ccc(C)nc2)n1. The van der Waals surface area contributed by atoms with E-state index in [0.717, 1.165) is 23.6 Å². The summed E-state index contributed by atoms with van der Waals surface area (Å²) in [6.45, 7) is 6.83. The molecule has 0 unspecified atom stereocenters. The van der Waals surface area contributed by atoms with Crippen LogP contribution in [0.3, 0.4) is 0 Å². The first-order valence-electron chi connectivity index (χ1n) is 4.91. The number of rotatable bonds is 2. The van der Waals surface area contributed by atoms with Crippen molar-refractivity contribution in [2.24, 2.45) is 0 Å². The number of aromatic nitrogens is 4. The topological polar surface area (TPSA) is 60.7 Å². The molecule has 2 aromatic rings. The molecule has 0 radical (unpaired) electrons. The lowest BCUT2D eigenvalue weighted by Crippen LogP contribution is -1.94. The Bertz CT molecular complexity index is 436. The van der Waals surface area contributed by atoms with Crippen LogP contribution in [-0.2, 0) is 11.3 Å². The zero-order chi connectivity index (χ0) is 12.0. The van der Waals surface area contributed by atoms with Gasteiger partial charge < -0.3 is 4.79 Å². The van der Waals surface area contributed by atoms with E-state index in [4.69, 9.17) is 4.79 Å². The Hall–Kier alpha value is -2.04. The van der Waals surface area contributed by atoms with Gasteiger partial charge in [0, 0.05) is 24.0 Å². The van der Waals surface area contributed by atoms with E-state index < -0.39 is 0 Å². The van der Waals surface area contributed by atoms with E-state index in [1.165, 1.54) is 0 Å². The smallest absolute Gasteiger partial charge is 0.182 e. The van der Waals surface area contributed by atoms with Crippen molar-refractivity contribution in [1.29, 1.82) is 0 Å². The number of pyridine rings is 1. The Balaban J connectivity index is 0.000000606. The average Bonchev–Trinajstić information content (AvgIpc) is 2.81. The summed E-state index contributed by atoms with van der Waals surface area (Å²) in [7, 11) is 0. The van der Waals surface area contributed by atoms with Crippen LogP contribution in [0.4, 0.5) is 0 Å². The second-order valence-electron chi connectivity index (χ2n) is 3.11. The lowest BCUT2D eigenvalue weighted by atomic mass is 10.2. The van der Waals surface area contributed by atoms with E-state index in [-0.39, 0.29) is 0 Å². The molecule has 84 valence electrons. The van der Waals surface area contributed by atoms with Crippen molar-refractivity contribution in [3.63, 3.8) is 0 Å². The molecule has 2 aromatic heterocycles. The molecular formula is C11H14N4O. The Morgan fingerprint density at radius 3 is 2.56 bits per heavy atom. The first kappa shape index (κ1) is 12.0.